The quantitative estimate of drug-likeness (QED) is 0.117. The van der Waals surface area contributed by atoms with Gasteiger partial charge in [0.1, 0.15) is 12.4 Å². The van der Waals surface area contributed by atoms with Crippen LogP contribution in [0.2, 0.25) is 0 Å². The van der Waals surface area contributed by atoms with Gasteiger partial charge >= 0.3 is 5.97 Å². The first-order valence-electron chi connectivity index (χ1n) is 14.7. The minimum Gasteiger partial charge on any atom is -0.499 e. The normalized spacial score (nSPS) is 25.1. The largest absolute Gasteiger partial charge is 0.499 e. The first-order valence-corrected chi connectivity index (χ1v) is 14.7. The van der Waals surface area contributed by atoms with Crippen molar-refractivity contribution in [3.05, 3.63) is 82.2 Å². The fraction of sp³-hybridized carbons (Fsp3) is 0.500. The third-order valence-electron chi connectivity index (χ3n) is 9.09. The molecule has 0 heterocycles. The highest BCUT2D eigenvalue weighted by Crippen LogP contribution is 2.67. The van der Waals surface area contributed by atoms with Crippen molar-refractivity contribution in [3.63, 3.8) is 0 Å². The maximum atomic E-state index is 15.1. The van der Waals surface area contributed by atoms with E-state index in [2.05, 4.69) is 0 Å². The standard InChI is InChI=1S/C36H46O6/c1-23(2)15-18-29-31(39)35(20-19-24(3)4)21-28(17-16-25(5)22-42-26(6)37)34(7,8)36(33(35)40,32(29)41-9)30(38)27-13-11-10-12-14-27/h10-16,19,28H,17-18,20-22H2,1-9H3/t28-,35-,36+/m0/s1. The fourth-order valence-electron chi connectivity index (χ4n) is 6.65. The lowest BCUT2D eigenvalue weighted by molar-refractivity contribution is -0.164. The molecule has 2 bridgehead atoms. The zero-order valence-corrected chi connectivity index (χ0v) is 26.7. The molecule has 0 radical (unpaired) electrons. The number of rotatable bonds is 11. The van der Waals surface area contributed by atoms with E-state index in [0.717, 1.165) is 16.7 Å². The van der Waals surface area contributed by atoms with Crippen LogP contribution >= 0.6 is 0 Å². The van der Waals surface area contributed by atoms with Crippen molar-refractivity contribution < 1.29 is 28.7 Å². The van der Waals surface area contributed by atoms with Crippen molar-refractivity contribution in [1.82, 2.24) is 0 Å². The number of hydrogen-bond acceptors (Lipinski definition) is 6. The molecule has 0 saturated heterocycles. The summed E-state index contributed by atoms with van der Waals surface area (Å²) < 4.78 is 11.2. The van der Waals surface area contributed by atoms with Crippen LogP contribution in [0.3, 0.4) is 0 Å². The van der Waals surface area contributed by atoms with Gasteiger partial charge in [0.15, 0.2) is 22.8 Å². The molecule has 0 aromatic heterocycles. The highest BCUT2D eigenvalue weighted by Gasteiger charge is 2.74. The Balaban J connectivity index is 2.41. The average Bonchev–Trinajstić information content (AvgIpc) is 2.93. The van der Waals surface area contributed by atoms with Crippen molar-refractivity contribution in [2.75, 3.05) is 13.7 Å². The molecule has 0 spiro atoms. The third-order valence-corrected chi connectivity index (χ3v) is 9.09. The molecule has 3 rings (SSSR count). The molecule has 1 aromatic carbocycles. The van der Waals surface area contributed by atoms with Crippen LogP contribution in [-0.2, 0) is 23.9 Å². The predicted octanol–water partition coefficient (Wildman–Crippen LogP) is 7.55. The SMILES string of the molecule is COC1=C(CC=C(C)C)C(=O)[C@]2(CC=C(C)C)C[C@H](CC=C(C)COC(C)=O)C(C)(C)[C@@]1(C(=O)c1ccccc1)C2=O. The summed E-state index contributed by atoms with van der Waals surface area (Å²) in [6.45, 7) is 15.2. The van der Waals surface area contributed by atoms with E-state index in [9.17, 15) is 14.4 Å². The van der Waals surface area contributed by atoms with Crippen LogP contribution in [0, 0.1) is 22.2 Å². The summed E-state index contributed by atoms with van der Waals surface area (Å²) in [5.74, 6) is -1.39. The van der Waals surface area contributed by atoms with Gasteiger partial charge in [0.2, 0.25) is 0 Å². The molecule has 6 nitrogen and oxygen atoms in total. The molecule has 2 aliphatic carbocycles. The maximum Gasteiger partial charge on any atom is 0.302 e. The highest BCUT2D eigenvalue weighted by atomic mass is 16.5. The van der Waals surface area contributed by atoms with E-state index in [-0.39, 0.29) is 54.4 Å². The molecule has 0 unspecified atom stereocenters. The summed E-state index contributed by atoms with van der Waals surface area (Å²) in [5, 5.41) is 0. The van der Waals surface area contributed by atoms with Crippen LogP contribution in [0.1, 0.15) is 91.4 Å². The number of ketones is 3. The topological polar surface area (TPSA) is 86.7 Å². The molecule has 1 saturated carbocycles. The van der Waals surface area contributed by atoms with E-state index in [4.69, 9.17) is 9.47 Å². The minimum absolute atomic E-state index is 0.160. The Bertz CT molecular complexity index is 1360. The first-order chi connectivity index (χ1) is 19.7. The maximum absolute atomic E-state index is 15.1. The van der Waals surface area contributed by atoms with Crippen molar-refractivity contribution in [2.45, 2.75) is 81.1 Å². The lowest BCUT2D eigenvalue weighted by atomic mass is 9.39. The number of carbonyl (C=O) groups excluding carboxylic acids is 4. The van der Waals surface area contributed by atoms with Crippen molar-refractivity contribution in [1.29, 1.82) is 0 Å². The predicted molar refractivity (Wildman–Crippen MR) is 165 cm³/mol. The van der Waals surface area contributed by atoms with Gasteiger partial charge in [0, 0.05) is 18.1 Å². The zero-order valence-electron chi connectivity index (χ0n) is 26.7. The lowest BCUT2D eigenvalue weighted by Gasteiger charge is -2.60. The summed E-state index contributed by atoms with van der Waals surface area (Å²) in [4.78, 5) is 56.1. The molecular formula is C36H46O6. The van der Waals surface area contributed by atoms with Crippen molar-refractivity contribution in [2.24, 2.45) is 22.2 Å². The Morgan fingerprint density at radius 1 is 0.929 bits per heavy atom. The molecular weight excluding hydrogens is 528 g/mol. The van der Waals surface area contributed by atoms with E-state index in [1.807, 2.05) is 72.8 Å². The summed E-state index contributed by atoms with van der Waals surface area (Å²) in [7, 11) is 1.46. The van der Waals surface area contributed by atoms with Crippen LogP contribution in [0.4, 0.5) is 0 Å². The smallest absolute Gasteiger partial charge is 0.302 e. The van der Waals surface area contributed by atoms with Gasteiger partial charge in [-0.05, 0) is 77.2 Å². The summed E-state index contributed by atoms with van der Waals surface area (Å²) in [6.07, 6.45) is 7.20. The number of Topliss-reactive ketones (excluding diaryl/α,β-unsaturated/α-hetero) is 3. The number of carbonyl (C=O) groups is 4. The average molecular weight is 575 g/mol. The molecule has 0 N–H and O–H groups in total. The van der Waals surface area contributed by atoms with E-state index < -0.39 is 16.2 Å². The van der Waals surface area contributed by atoms with Gasteiger partial charge in [-0.25, -0.2) is 0 Å². The van der Waals surface area contributed by atoms with Crippen molar-refractivity contribution in [3.8, 4) is 0 Å². The second kappa shape index (κ2) is 12.8. The third kappa shape index (κ3) is 5.73. The lowest BCUT2D eigenvalue weighted by Crippen LogP contribution is -2.68. The Kier molecular flexibility index (Phi) is 10.0. The number of benzene rings is 1. The van der Waals surface area contributed by atoms with Gasteiger partial charge in [-0.15, -0.1) is 0 Å². The number of allylic oxidation sites excluding steroid dienone is 7. The fourth-order valence-corrected chi connectivity index (χ4v) is 6.65. The summed E-state index contributed by atoms with van der Waals surface area (Å²) in [5.41, 5.74) is -0.351. The Morgan fingerprint density at radius 2 is 1.55 bits per heavy atom. The molecule has 3 atom stereocenters. The number of ether oxygens (including phenoxy) is 2. The second-order valence-corrected chi connectivity index (χ2v) is 12.9. The molecule has 0 aliphatic heterocycles. The van der Waals surface area contributed by atoms with Crippen LogP contribution in [0.15, 0.2) is 76.6 Å². The Morgan fingerprint density at radius 3 is 2.10 bits per heavy atom. The van der Waals surface area contributed by atoms with Gasteiger partial charge in [-0.2, -0.15) is 0 Å². The summed E-state index contributed by atoms with van der Waals surface area (Å²) >= 11 is 0. The minimum atomic E-state index is -1.71. The molecule has 226 valence electrons. The van der Waals surface area contributed by atoms with Gasteiger partial charge < -0.3 is 9.47 Å². The second-order valence-electron chi connectivity index (χ2n) is 12.9. The van der Waals surface area contributed by atoms with Crippen LogP contribution < -0.4 is 0 Å². The highest BCUT2D eigenvalue weighted by molar-refractivity contribution is 6.30. The number of methoxy groups -OCH3 is 1. The Hall–Kier alpha value is -3.54. The van der Waals surface area contributed by atoms with Gasteiger partial charge in [-0.1, -0.05) is 73.6 Å². The first kappa shape index (κ1) is 33.0. The molecule has 6 heteroatoms. The monoisotopic (exact) mass is 574 g/mol. The molecule has 1 aromatic rings. The molecule has 0 amide bonds. The van der Waals surface area contributed by atoms with Gasteiger partial charge in [0.25, 0.3) is 0 Å². The zero-order chi connectivity index (χ0) is 31.5. The van der Waals surface area contributed by atoms with Gasteiger partial charge in [0.05, 0.1) is 12.5 Å². The van der Waals surface area contributed by atoms with Crippen LogP contribution in [0.25, 0.3) is 0 Å². The number of esters is 1. The molecule has 42 heavy (non-hydrogen) atoms. The Labute approximate surface area is 250 Å². The van der Waals surface area contributed by atoms with E-state index in [1.165, 1.54) is 14.0 Å². The van der Waals surface area contributed by atoms with Crippen LogP contribution in [-0.4, -0.2) is 37.0 Å². The van der Waals surface area contributed by atoms with E-state index in [1.54, 1.807) is 24.3 Å². The molecule has 2 aliphatic rings. The van der Waals surface area contributed by atoms with E-state index >= 15 is 4.79 Å². The molecule has 1 fully saturated rings. The van der Waals surface area contributed by atoms with E-state index in [0.29, 0.717) is 24.0 Å². The summed E-state index contributed by atoms with van der Waals surface area (Å²) in [6, 6.07) is 8.86. The number of fused-ring (bicyclic) bond motifs is 2. The van der Waals surface area contributed by atoms with Crippen LogP contribution in [0.5, 0.6) is 0 Å². The van der Waals surface area contributed by atoms with Gasteiger partial charge in [-0.3, -0.25) is 19.2 Å². The van der Waals surface area contributed by atoms with Crippen molar-refractivity contribution >= 4 is 23.3 Å². The number of hydrogen-bond donors (Lipinski definition) is 0.